The zero-order chi connectivity index (χ0) is 12.8. The van der Waals surface area contributed by atoms with Gasteiger partial charge in [-0.3, -0.25) is 0 Å². The molecule has 0 atom stereocenters. The van der Waals surface area contributed by atoms with Crippen LogP contribution in [0.3, 0.4) is 0 Å². The Labute approximate surface area is 117 Å². The average molecular weight is 438 g/mol. The standard InChI is InChI=1S/C10H18AtN3O3/c1-3-12(4-2)9(15)13-5-7-14(8-6-13)10(16)17-11/h3-8H2,1-2H3. The van der Waals surface area contributed by atoms with E-state index >= 15 is 0 Å². The fraction of sp³-hybridized carbons (Fsp3) is 0.800. The van der Waals surface area contributed by atoms with Crippen LogP contribution in [0.5, 0.6) is 0 Å². The van der Waals surface area contributed by atoms with E-state index in [4.69, 9.17) is 2.81 Å². The Hall–Kier alpha value is -0.577. The maximum absolute atomic E-state index is 12.0. The van der Waals surface area contributed by atoms with Gasteiger partial charge in [0, 0.05) is 0 Å². The van der Waals surface area contributed by atoms with E-state index in [1.807, 2.05) is 13.8 Å². The third-order valence-corrected chi connectivity index (χ3v) is 3.42. The quantitative estimate of drug-likeness (QED) is 0.637. The molecule has 6 nitrogen and oxygen atoms in total. The van der Waals surface area contributed by atoms with Crippen molar-refractivity contribution in [1.29, 1.82) is 0 Å². The van der Waals surface area contributed by atoms with Crippen LogP contribution in [-0.4, -0.2) is 66.1 Å². The zero-order valence-corrected chi connectivity index (χ0v) is 13.1. The number of hydrogen-bond acceptors (Lipinski definition) is 3. The zero-order valence-electron chi connectivity index (χ0n) is 10.2. The average Bonchev–Trinajstić information content (AvgIpc) is 2.39. The Bertz CT molecular complexity index is 276. The summed E-state index contributed by atoms with van der Waals surface area (Å²) < 4.78 is 4.70. The van der Waals surface area contributed by atoms with Gasteiger partial charge in [0.2, 0.25) is 0 Å². The van der Waals surface area contributed by atoms with Crippen molar-refractivity contribution in [3.8, 4) is 0 Å². The van der Waals surface area contributed by atoms with Gasteiger partial charge in [-0.15, -0.1) is 0 Å². The minimum absolute atomic E-state index is 0.0586. The molecule has 98 valence electrons. The number of piperazine rings is 1. The van der Waals surface area contributed by atoms with Crippen LogP contribution in [0.1, 0.15) is 13.8 Å². The van der Waals surface area contributed by atoms with Gasteiger partial charge in [0.05, 0.1) is 0 Å². The molecule has 0 aromatic heterocycles. The number of amides is 3. The Morgan fingerprint density at radius 2 is 1.59 bits per heavy atom. The van der Waals surface area contributed by atoms with Crippen LogP contribution < -0.4 is 0 Å². The van der Waals surface area contributed by atoms with Crippen LogP contribution in [0.15, 0.2) is 0 Å². The SMILES string of the molecule is CCN(CC)C(=O)N1CCN(C(=O)O[At])CC1. The molecule has 1 heterocycles. The van der Waals surface area contributed by atoms with Crippen molar-refractivity contribution >= 4 is 12.1 Å². The Morgan fingerprint density at radius 1 is 1.12 bits per heavy atom. The van der Waals surface area contributed by atoms with E-state index < -0.39 is 0 Å². The topological polar surface area (TPSA) is 53.1 Å². The molecule has 0 saturated carbocycles. The van der Waals surface area contributed by atoms with Crippen LogP contribution in [0.25, 0.3) is 0 Å². The van der Waals surface area contributed by atoms with E-state index in [9.17, 15) is 9.59 Å². The van der Waals surface area contributed by atoms with Gasteiger partial charge in [-0.25, -0.2) is 0 Å². The molecular formula is C10H18AtN3O3. The molecular weight excluding hydrogens is 420 g/mol. The van der Waals surface area contributed by atoms with Crippen molar-refractivity contribution in [2.45, 2.75) is 13.8 Å². The van der Waals surface area contributed by atoms with E-state index in [-0.39, 0.29) is 12.1 Å². The molecule has 3 amide bonds. The molecule has 1 rings (SSSR count). The summed E-state index contributed by atoms with van der Waals surface area (Å²) >= 11 is 0.989. The van der Waals surface area contributed by atoms with Crippen molar-refractivity contribution in [1.82, 2.24) is 14.7 Å². The van der Waals surface area contributed by atoms with Gasteiger partial charge in [-0.05, 0) is 0 Å². The first-order valence-corrected chi connectivity index (χ1v) is 6.95. The molecule has 7 heteroatoms. The molecule has 0 unspecified atom stereocenters. The summed E-state index contributed by atoms with van der Waals surface area (Å²) in [5.41, 5.74) is 0. The van der Waals surface area contributed by atoms with Gasteiger partial charge in [0.25, 0.3) is 0 Å². The first-order valence-electron chi connectivity index (χ1n) is 5.75. The first kappa shape index (κ1) is 14.5. The van der Waals surface area contributed by atoms with Crippen LogP contribution >= 0.6 is 0 Å². The summed E-state index contributed by atoms with van der Waals surface area (Å²) in [7, 11) is 0. The van der Waals surface area contributed by atoms with E-state index in [1.165, 1.54) is 0 Å². The second kappa shape index (κ2) is 6.99. The van der Waals surface area contributed by atoms with Gasteiger partial charge >= 0.3 is 118 Å². The van der Waals surface area contributed by atoms with Gasteiger partial charge < -0.3 is 0 Å². The van der Waals surface area contributed by atoms with Crippen molar-refractivity contribution in [2.24, 2.45) is 0 Å². The molecule has 0 aliphatic carbocycles. The first-order chi connectivity index (χ1) is 8.13. The van der Waals surface area contributed by atoms with Gasteiger partial charge in [0.15, 0.2) is 0 Å². The molecule has 1 aliphatic rings. The van der Waals surface area contributed by atoms with E-state index in [0.717, 1.165) is 38.2 Å². The number of rotatable bonds is 2. The predicted molar refractivity (Wildman–Crippen MR) is 57.9 cm³/mol. The van der Waals surface area contributed by atoms with Gasteiger partial charge in [-0.1, -0.05) is 0 Å². The Balaban J connectivity index is 2.46. The summed E-state index contributed by atoms with van der Waals surface area (Å²) in [5, 5.41) is 0. The molecule has 0 bridgehead atoms. The number of urea groups is 1. The van der Waals surface area contributed by atoms with E-state index in [0.29, 0.717) is 26.2 Å². The van der Waals surface area contributed by atoms with E-state index in [2.05, 4.69) is 0 Å². The van der Waals surface area contributed by atoms with Crippen molar-refractivity contribution in [3.05, 3.63) is 0 Å². The van der Waals surface area contributed by atoms with Gasteiger partial charge in [-0.2, -0.15) is 0 Å². The molecule has 0 radical (unpaired) electrons. The van der Waals surface area contributed by atoms with Gasteiger partial charge in [0.1, 0.15) is 0 Å². The molecule has 0 N–H and O–H groups in total. The number of nitrogens with zero attached hydrogens (tertiary/aromatic N) is 3. The molecule has 0 aromatic carbocycles. The molecule has 17 heavy (non-hydrogen) atoms. The second-order valence-electron chi connectivity index (χ2n) is 3.77. The summed E-state index contributed by atoms with van der Waals surface area (Å²) in [5.74, 6) is 0. The van der Waals surface area contributed by atoms with Crippen LogP contribution in [0.4, 0.5) is 9.59 Å². The summed E-state index contributed by atoms with van der Waals surface area (Å²) in [6, 6.07) is 0.0586. The van der Waals surface area contributed by atoms with Crippen molar-refractivity contribution in [3.63, 3.8) is 0 Å². The molecule has 0 spiro atoms. The monoisotopic (exact) mass is 438 g/mol. The summed E-state index contributed by atoms with van der Waals surface area (Å²) in [4.78, 5) is 28.5. The Kier molecular flexibility index (Phi) is 5.96. The van der Waals surface area contributed by atoms with Crippen molar-refractivity contribution in [2.75, 3.05) is 39.3 Å². The number of carbonyl (C=O) groups excluding carboxylic acids is 2. The number of carbonyl (C=O) groups is 2. The Morgan fingerprint density at radius 3 is 2.00 bits per heavy atom. The maximum atomic E-state index is 12.0. The minimum atomic E-state index is -0.295. The molecule has 1 fully saturated rings. The summed E-state index contributed by atoms with van der Waals surface area (Å²) in [6.07, 6.45) is -0.295. The third kappa shape index (κ3) is 3.70. The molecule has 1 aliphatic heterocycles. The normalized spacial score (nSPS) is 15.7. The van der Waals surface area contributed by atoms with Crippen LogP contribution in [-0.2, 0) is 2.81 Å². The van der Waals surface area contributed by atoms with Crippen LogP contribution in [0.2, 0.25) is 0 Å². The number of hydrogen-bond donors (Lipinski definition) is 0. The summed E-state index contributed by atoms with van der Waals surface area (Å²) in [6.45, 7) is 7.63. The van der Waals surface area contributed by atoms with Crippen LogP contribution in [0, 0.1) is 25.2 Å². The predicted octanol–water partition coefficient (Wildman–Crippen LogP) is 0.667. The fourth-order valence-corrected chi connectivity index (χ4v) is 2.20. The second-order valence-corrected chi connectivity index (χ2v) is 4.37. The third-order valence-electron chi connectivity index (χ3n) is 2.91. The van der Waals surface area contributed by atoms with Crippen molar-refractivity contribution < 1.29 is 37.6 Å². The molecule has 1 saturated heterocycles. The van der Waals surface area contributed by atoms with E-state index in [1.54, 1.807) is 14.7 Å². The molecule has 0 aromatic rings. The fourth-order valence-electron chi connectivity index (χ4n) is 1.82.